The van der Waals surface area contributed by atoms with E-state index in [1.54, 1.807) is 7.11 Å². The molecule has 2 saturated heterocycles. The molecule has 2 rings (SSSR count). The standard InChI is InChI=1S/C12H22N2O2S/c1-10-7-14(5-6-17-10)11(15)12(9-16-2)3-4-13-8-12/h10,13H,3-9H2,1-2H3. The molecule has 17 heavy (non-hydrogen) atoms. The lowest BCUT2D eigenvalue weighted by molar-refractivity contribution is -0.144. The van der Waals surface area contributed by atoms with Crippen LogP contribution in [0, 0.1) is 5.41 Å². The second kappa shape index (κ2) is 5.59. The number of hydrogen-bond acceptors (Lipinski definition) is 4. The first kappa shape index (κ1) is 13.2. The fraction of sp³-hybridized carbons (Fsp3) is 0.917. The van der Waals surface area contributed by atoms with Crippen LogP contribution in [0.2, 0.25) is 0 Å². The molecule has 98 valence electrons. The van der Waals surface area contributed by atoms with Gasteiger partial charge in [-0.2, -0.15) is 11.8 Å². The van der Waals surface area contributed by atoms with Gasteiger partial charge in [-0.15, -0.1) is 0 Å². The monoisotopic (exact) mass is 258 g/mol. The summed E-state index contributed by atoms with van der Waals surface area (Å²) in [4.78, 5) is 14.7. The molecule has 5 heteroatoms. The van der Waals surface area contributed by atoms with Gasteiger partial charge in [0.15, 0.2) is 0 Å². The fourth-order valence-corrected chi connectivity index (χ4v) is 3.74. The van der Waals surface area contributed by atoms with Crippen molar-refractivity contribution < 1.29 is 9.53 Å². The van der Waals surface area contributed by atoms with E-state index in [0.29, 0.717) is 11.9 Å². The van der Waals surface area contributed by atoms with Crippen molar-refractivity contribution in [3.05, 3.63) is 0 Å². The summed E-state index contributed by atoms with van der Waals surface area (Å²) in [5.74, 6) is 1.35. The second-order valence-electron chi connectivity index (χ2n) is 5.07. The van der Waals surface area contributed by atoms with Gasteiger partial charge in [0.05, 0.1) is 12.0 Å². The Morgan fingerprint density at radius 3 is 3.06 bits per heavy atom. The molecule has 1 amide bonds. The van der Waals surface area contributed by atoms with Gasteiger partial charge in [-0.05, 0) is 13.0 Å². The minimum atomic E-state index is -0.309. The molecule has 0 bridgehead atoms. The van der Waals surface area contributed by atoms with Gasteiger partial charge in [-0.1, -0.05) is 6.92 Å². The summed E-state index contributed by atoms with van der Waals surface area (Å²) in [6.45, 7) is 6.19. The molecule has 0 radical (unpaired) electrons. The van der Waals surface area contributed by atoms with Crippen LogP contribution in [0.15, 0.2) is 0 Å². The number of carbonyl (C=O) groups is 1. The molecule has 2 atom stereocenters. The number of amides is 1. The molecule has 2 unspecified atom stereocenters. The van der Waals surface area contributed by atoms with Crippen molar-refractivity contribution in [3.63, 3.8) is 0 Å². The van der Waals surface area contributed by atoms with Crippen LogP contribution in [0.25, 0.3) is 0 Å². The third-order valence-electron chi connectivity index (χ3n) is 3.65. The summed E-state index contributed by atoms with van der Waals surface area (Å²) in [7, 11) is 1.68. The Morgan fingerprint density at radius 1 is 1.65 bits per heavy atom. The Balaban J connectivity index is 2.05. The zero-order chi connectivity index (χ0) is 12.3. The SMILES string of the molecule is COCC1(C(=O)N2CCSC(C)C2)CCNC1. The predicted octanol–water partition coefficient (Wildman–Crippen LogP) is 0.576. The van der Waals surface area contributed by atoms with Crippen molar-refractivity contribution >= 4 is 17.7 Å². The highest BCUT2D eigenvalue weighted by Gasteiger charge is 2.44. The van der Waals surface area contributed by atoms with E-state index in [-0.39, 0.29) is 11.3 Å². The summed E-state index contributed by atoms with van der Waals surface area (Å²) >= 11 is 1.95. The number of nitrogens with zero attached hydrogens (tertiary/aromatic N) is 1. The van der Waals surface area contributed by atoms with Crippen molar-refractivity contribution in [3.8, 4) is 0 Å². The summed E-state index contributed by atoms with van der Waals surface area (Å²) < 4.78 is 5.28. The topological polar surface area (TPSA) is 41.6 Å². The lowest BCUT2D eigenvalue weighted by Gasteiger charge is -2.37. The molecule has 0 saturated carbocycles. The van der Waals surface area contributed by atoms with Crippen molar-refractivity contribution in [2.75, 3.05) is 45.6 Å². The summed E-state index contributed by atoms with van der Waals surface area (Å²) in [6, 6.07) is 0. The second-order valence-corrected chi connectivity index (χ2v) is 6.62. The largest absolute Gasteiger partial charge is 0.384 e. The maximum atomic E-state index is 12.7. The lowest BCUT2D eigenvalue weighted by atomic mass is 9.86. The van der Waals surface area contributed by atoms with Gasteiger partial charge in [-0.25, -0.2) is 0 Å². The van der Waals surface area contributed by atoms with E-state index in [0.717, 1.165) is 38.4 Å². The molecule has 0 aliphatic carbocycles. The number of rotatable bonds is 3. The predicted molar refractivity (Wildman–Crippen MR) is 70.3 cm³/mol. The van der Waals surface area contributed by atoms with E-state index < -0.39 is 0 Å². The Labute approximate surface area is 107 Å². The van der Waals surface area contributed by atoms with Crippen molar-refractivity contribution in [2.24, 2.45) is 5.41 Å². The van der Waals surface area contributed by atoms with E-state index in [1.165, 1.54) is 0 Å². The van der Waals surface area contributed by atoms with E-state index in [1.807, 2.05) is 16.7 Å². The number of carbonyl (C=O) groups excluding carboxylic acids is 1. The number of hydrogen-bond donors (Lipinski definition) is 1. The first-order valence-corrected chi connectivity index (χ1v) is 7.33. The number of ether oxygens (including phenoxy) is 1. The highest BCUT2D eigenvalue weighted by molar-refractivity contribution is 7.99. The molecule has 2 aliphatic rings. The Bertz CT molecular complexity index is 280. The average Bonchev–Trinajstić information content (AvgIpc) is 2.78. The zero-order valence-electron chi connectivity index (χ0n) is 10.7. The van der Waals surface area contributed by atoms with Crippen LogP contribution in [0.5, 0.6) is 0 Å². The first-order valence-electron chi connectivity index (χ1n) is 6.28. The van der Waals surface area contributed by atoms with Crippen LogP contribution in [-0.4, -0.2) is 61.7 Å². The van der Waals surface area contributed by atoms with Crippen LogP contribution < -0.4 is 5.32 Å². The van der Waals surface area contributed by atoms with Gasteiger partial charge in [0.1, 0.15) is 0 Å². The molecule has 0 spiro atoms. The van der Waals surface area contributed by atoms with Gasteiger partial charge < -0.3 is 15.0 Å². The normalized spacial score (nSPS) is 34.0. The minimum Gasteiger partial charge on any atom is -0.384 e. The third kappa shape index (κ3) is 2.77. The van der Waals surface area contributed by atoms with Gasteiger partial charge in [0.2, 0.25) is 5.91 Å². The Hall–Kier alpha value is -0.260. The van der Waals surface area contributed by atoms with Crippen molar-refractivity contribution in [1.82, 2.24) is 10.2 Å². The highest BCUT2D eigenvalue weighted by Crippen LogP contribution is 2.30. The quantitative estimate of drug-likeness (QED) is 0.804. The van der Waals surface area contributed by atoms with Crippen LogP contribution in [0.3, 0.4) is 0 Å². The molecule has 1 N–H and O–H groups in total. The Morgan fingerprint density at radius 2 is 2.47 bits per heavy atom. The summed E-state index contributed by atoms with van der Waals surface area (Å²) in [5.41, 5.74) is -0.309. The average molecular weight is 258 g/mol. The Kier molecular flexibility index (Phi) is 4.33. The van der Waals surface area contributed by atoms with Crippen molar-refractivity contribution in [2.45, 2.75) is 18.6 Å². The smallest absolute Gasteiger partial charge is 0.232 e. The zero-order valence-corrected chi connectivity index (χ0v) is 11.5. The van der Waals surface area contributed by atoms with E-state index in [4.69, 9.17) is 4.74 Å². The summed E-state index contributed by atoms with van der Waals surface area (Å²) in [5, 5.41) is 3.85. The molecular weight excluding hydrogens is 236 g/mol. The molecule has 4 nitrogen and oxygen atoms in total. The molecule has 2 heterocycles. The van der Waals surface area contributed by atoms with Crippen LogP contribution in [0.1, 0.15) is 13.3 Å². The highest BCUT2D eigenvalue weighted by atomic mass is 32.2. The van der Waals surface area contributed by atoms with Crippen LogP contribution in [0.4, 0.5) is 0 Å². The van der Waals surface area contributed by atoms with Crippen LogP contribution >= 0.6 is 11.8 Å². The van der Waals surface area contributed by atoms with E-state index in [2.05, 4.69) is 12.2 Å². The number of nitrogens with one attached hydrogen (secondary N) is 1. The van der Waals surface area contributed by atoms with Crippen LogP contribution in [-0.2, 0) is 9.53 Å². The van der Waals surface area contributed by atoms with Gasteiger partial charge in [0.25, 0.3) is 0 Å². The summed E-state index contributed by atoms with van der Waals surface area (Å²) in [6.07, 6.45) is 0.900. The van der Waals surface area contributed by atoms with Crippen molar-refractivity contribution in [1.29, 1.82) is 0 Å². The third-order valence-corrected chi connectivity index (χ3v) is 4.78. The fourth-order valence-electron chi connectivity index (χ4n) is 2.73. The van der Waals surface area contributed by atoms with E-state index in [9.17, 15) is 4.79 Å². The number of thioether (sulfide) groups is 1. The number of methoxy groups -OCH3 is 1. The molecule has 2 fully saturated rings. The molecule has 0 aromatic heterocycles. The first-order chi connectivity index (χ1) is 8.18. The molecule has 0 aromatic rings. The van der Waals surface area contributed by atoms with Gasteiger partial charge in [-0.3, -0.25) is 4.79 Å². The maximum absolute atomic E-state index is 12.7. The lowest BCUT2D eigenvalue weighted by Crippen LogP contribution is -2.51. The maximum Gasteiger partial charge on any atom is 0.232 e. The minimum absolute atomic E-state index is 0.288. The molecule has 2 aliphatic heterocycles. The van der Waals surface area contributed by atoms with Gasteiger partial charge in [0, 0.05) is 37.7 Å². The molecule has 0 aromatic carbocycles. The molecular formula is C12H22N2O2S. The van der Waals surface area contributed by atoms with Gasteiger partial charge >= 0.3 is 0 Å². The van der Waals surface area contributed by atoms with E-state index >= 15 is 0 Å².